The summed E-state index contributed by atoms with van der Waals surface area (Å²) in [7, 11) is -3.20. The van der Waals surface area contributed by atoms with Gasteiger partial charge in [0, 0.05) is 43.6 Å². The number of carbonyl (C=O) groups excluding carboxylic acids is 1. The maximum absolute atomic E-state index is 12.8. The van der Waals surface area contributed by atoms with Crippen molar-refractivity contribution in [2.75, 3.05) is 32.4 Å². The Morgan fingerprint density at radius 3 is 2.19 bits per heavy atom. The molecular formula is C18H22ClN3O3S. The van der Waals surface area contributed by atoms with Gasteiger partial charge in [-0.15, -0.1) is 0 Å². The molecule has 2 heterocycles. The smallest absolute Gasteiger partial charge is 0.225 e. The lowest BCUT2D eigenvalue weighted by molar-refractivity contribution is -0.133. The van der Waals surface area contributed by atoms with Gasteiger partial charge in [-0.25, -0.2) is 8.42 Å². The van der Waals surface area contributed by atoms with Crippen molar-refractivity contribution in [1.82, 2.24) is 13.8 Å². The Morgan fingerprint density at radius 1 is 1.08 bits per heavy atom. The summed E-state index contributed by atoms with van der Waals surface area (Å²) in [4.78, 5) is 14.6. The summed E-state index contributed by atoms with van der Waals surface area (Å²) in [5, 5.41) is 0.656. The first-order valence-electron chi connectivity index (χ1n) is 8.45. The standard InChI is InChI=1S/C18H22ClN3O3S/c1-26(24,25)22-12-10-21(11-13-22)18(23)14-17(20-8-2-3-9-20)15-4-6-16(19)7-5-15/h2-9,17H,10-14H2,1H3/t17-/m0/s1. The quantitative estimate of drug-likeness (QED) is 0.779. The molecule has 1 atom stereocenters. The minimum absolute atomic E-state index is 0.0202. The molecule has 3 rings (SSSR count). The topological polar surface area (TPSA) is 62.6 Å². The molecule has 6 nitrogen and oxygen atoms in total. The third-order valence-corrected chi connectivity index (χ3v) is 6.23. The van der Waals surface area contributed by atoms with Gasteiger partial charge in [-0.1, -0.05) is 23.7 Å². The molecule has 140 valence electrons. The largest absolute Gasteiger partial charge is 0.346 e. The van der Waals surface area contributed by atoms with Crippen LogP contribution in [0.1, 0.15) is 18.0 Å². The van der Waals surface area contributed by atoms with E-state index >= 15 is 0 Å². The number of hydrogen-bond donors (Lipinski definition) is 0. The van der Waals surface area contributed by atoms with Crippen LogP contribution in [0.3, 0.4) is 0 Å². The predicted molar refractivity (Wildman–Crippen MR) is 102 cm³/mol. The van der Waals surface area contributed by atoms with Gasteiger partial charge in [-0.3, -0.25) is 4.79 Å². The zero-order valence-electron chi connectivity index (χ0n) is 14.6. The number of nitrogens with zero attached hydrogens (tertiary/aromatic N) is 3. The number of benzene rings is 1. The normalized spacial score (nSPS) is 17.2. The lowest BCUT2D eigenvalue weighted by Crippen LogP contribution is -2.50. The highest BCUT2D eigenvalue weighted by Crippen LogP contribution is 2.25. The summed E-state index contributed by atoms with van der Waals surface area (Å²) < 4.78 is 26.7. The summed E-state index contributed by atoms with van der Waals surface area (Å²) in [6.07, 6.45) is 5.39. The number of piperazine rings is 1. The van der Waals surface area contributed by atoms with Crippen LogP contribution in [0.4, 0.5) is 0 Å². The number of sulfonamides is 1. The second kappa shape index (κ2) is 7.82. The fraction of sp³-hybridized carbons (Fsp3) is 0.389. The van der Waals surface area contributed by atoms with Gasteiger partial charge in [0.1, 0.15) is 0 Å². The first kappa shape index (κ1) is 18.9. The Kier molecular flexibility index (Phi) is 5.70. The Balaban J connectivity index is 1.71. The molecule has 0 N–H and O–H groups in total. The van der Waals surface area contributed by atoms with Crippen LogP contribution in [0.25, 0.3) is 0 Å². The van der Waals surface area contributed by atoms with Crippen LogP contribution < -0.4 is 0 Å². The molecule has 1 fully saturated rings. The molecule has 0 unspecified atom stereocenters. The van der Waals surface area contributed by atoms with E-state index in [2.05, 4.69) is 0 Å². The number of rotatable bonds is 5. The van der Waals surface area contributed by atoms with Crippen molar-refractivity contribution in [3.8, 4) is 0 Å². The third-order valence-electron chi connectivity index (χ3n) is 4.67. The number of carbonyl (C=O) groups is 1. The third kappa shape index (κ3) is 4.47. The van der Waals surface area contributed by atoms with Gasteiger partial charge >= 0.3 is 0 Å². The van der Waals surface area contributed by atoms with Gasteiger partial charge < -0.3 is 9.47 Å². The molecule has 1 aliphatic heterocycles. The molecule has 1 aromatic carbocycles. The lowest BCUT2D eigenvalue weighted by atomic mass is 10.0. The van der Waals surface area contributed by atoms with Crippen LogP contribution in [0.2, 0.25) is 5.02 Å². The fourth-order valence-corrected chi connectivity index (χ4v) is 4.15. The van der Waals surface area contributed by atoms with Crippen molar-refractivity contribution < 1.29 is 13.2 Å². The SMILES string of the molecule is CS(=O)(=O)N1CCN(C(=O)C[C@@H](c2ccc(Cl)cc2)n2cccc2)CC1. The summed E-state index contributed by atoms with van der Waals surface area (Å²) in [6.45, 7) is 1.54. The van der Waals surface area contributed by atoms with E-state index in [1.54, 1.807) is 4.90 Å². The van der Waals surface area contributed by atoms with Crippen LogP contribution in [0, 0.1) is 0 Å². The maximum atomic E-state index is 12.8. The van der Waals surface area contributed by atoms with Gasteiger partial charge in [0.15, 0.2) is 0 Å². The van der Waals surface area contributed by atoms with Gasteiger partial charge in [0.2, 0.25) is 15.9 Å². The van der Waals surface area contributed by atoms with E-state index in [1.165, 1.54) is 10.6 Å². The molecule has 1 amide bonds. The molecule has 0 radical (unpaired) electrons. The Morgan fingerprint density at radius 2 is 1.65 bits per heavy atom. The van der Waals surface area contributed by atoms with Crippen molar-refractivity contribution in [3.63, 3.8) is 0 Å². The van der Waals surface area contributed by atoms with Crippen LogP contribution >= 0.6 is 11.6 Å². The van der Waals surface area contributed by atoms with E-state index in [-0.39, 0.29) is 11.9 Å². The van der Waals surface area contributed by atoms with E-state index in [0.717, 1.165) is 5.56 Å². The summed E-state index contributed by atoms with van der Waals surface area (Å²) in [5.41, 5.74) is 1.01. The summed E-state index contributed by atoms with van der Waals surface area (Å²) in [5.74, 6) is 0.0202. The maximum Gasteiger partial charge on any atom is 0.225 e. The second-order valence-electron chi connectivity index (χ2n) is 6.44. The zero-order chi connectivity index (χ0) is 18.7. The molecule has 2 aromatic rings. The Bertz CT molecular complexity index is 842. The van der Waals surface area contributed by atoms with Crippen molar-refractivity contribution >= 4 is 27.5 Å². The first-order chi connectivity index (χ1) is 12.3. The van der Waals surface area contributed by atoms with E-state index in [1.807, 2.05) is 53.4 Å². The van der Waals surface area contributed by atoms with Crippen LogP contribution in [-0.4, -0.2) is 60.5 Å². The average Bonchev–Trinajstić information content (AvgIpc) is 3.14. The first-order valence-corrected chi connectivity index (χ1v) is 10.7. The molecule has 8 heteroatoms. The molecule has 0 bridgehead atoms. The molecular weight excluding hydrogens is 374 g/mol. The molecule has 0 saturated carbocycles. The highest BCUT2D eigenvalue weighted by molar-refractivity contribution is 7.88. The number of aromatic nitrogens is 1. The number of amides is 1. The predicted octanol–water partition coefficient (Wildman–Crippen LogP) is 2.22. The van der Waals surface area contributed by atoms with Crippen molar-refractivity contribution in [2.24, 2.45) is 0 Å². The Hall–Kier alpha value is -1.83. The minimum atomic E-state index is -3.20. The number of hydrogen-bond acceptors (Lipinski definition) is 3. The molecule has 1 aliphatic rings. The van der Waals surface area contributed by atoms with E-state index in [0.29, 0.717) is 37.6 Å². The summed E-state index contributed by atoms with van der Waals surface area (Å²) >= 11 is 5.98. The van der Waals surface area contributed by atoms with E-state index in [4.69, 9.17) is 11.6 Å². The highest BCUT2D eigenvalue weighted by atomic mass is 35.5. The Labute approximate surface area is 159 Å². The minimum Gasteiger partial charge on any atom is -0.346 e. The van der Waals surface area contributed by atoms with Gasteiger partial charge in [0.05, 0.1) is 18.7 Å². The number of halogens is 1. The summed E-state index contributed by atoms with van der Waals surface area (Å²) in [6, 6.07) is 11.2. The van der Waals surface area contributed by atoms with Gasteiger partial charge in [-0.2, -0.15) is 4.31 Å². The molecule has 1 saturated heterocycles. The van der Waals surface area contributed by atoms with Crippen LogP contribution in [0.15, 0.2) is 48.8 Å². The van der Waals surface area contributed by atoms with Crippen LogP contribution in [0.5, 0.6) is 0 Å². The van der Waals surface area contributed by atoms with Gasteiger partial charge in [0.25, 0.3) is 0 Å². The monoisotopic (exact) mass is 395 g/mol. The van der Waals surface area contributed by atoms with Gasteiger partial charge in [-0.05, 0) is 29.8 Å². The molecule has 0 spiro atoms. The second-order valence-corrected chi connectivity index (χ2v) is 8.86. The van der Waals surface area contributed by atoms with Crippen LogP contribution in [-0.2, 0) is 14.8 Å². The highest BCUT2D eigenvalue weighted by Gasteiger charge is 2.28. The average molecular weight is 396 g/mol. The van der Waals surface area contributed by atoms with Crippen molar-refractivity contribution in [3.05, 3.63) is 59.4 Å². The van der Waals surface area contributed by atoms with E-state index < -0.39 is 10.0 Å². The molecule has 26 heavy (non-hydrogen) atoms. The molecule has 1 aromatic heterocycles. The van der Waals surface area contributed by atoms with Crippen molar-refractivity contribution in [1.29, 1.82) is 0 Å². The lowest BCUT2D eigenvalue weighted by Gasteiger charge is -2.34. The zero-order valence-corrected chi connectivity index (χ0v) is 16.2. The van der Waals surface area contributed by atoms with Crippen molar-refractivity contribution in [2.45, 2.75) is 12.5 Å². The molecule has 0 aliphatic carbocycles. The van der Waals surface area contributed by atoms with E-state index in [9.17, 15) is 13.2 Å². The fourth-order valence-electron chi connectivity index (χ4n) is 3.20.